The van der Waals surface area contributed by atoms with Crippen LogP contribution in [0.25, 0.3) is 0 Å². The summed E-state index contributed by atoms with van der Waals surface area (Å²) in [6, 6.07) is 12.5. The molecule has 0 bridgehead atoms. The Morgan fingerprint density at radius 2 is 1.71 bits per heavy atom. The average Bonchev–Trinajstić information content (AvgIpc) is 3.07. The maximum absolute atomic E-state index is 13.9. The quantitative estimate of drug-likeness (QED) is 0.569. The molecular weight excluding hydrogens is 431 g/mol. The Morgan fingerprint density at radius 3 is 2.21 bits per heavy atom. The second kappa shape index (κ2) is 8.97. The van der Waals surface area contributed by atoms with Crippen molar-refractivity contribution in [2.45, 2.75) is 71.5 Å². The molecule has 1 aliphatic heterocycles. The summed E-state index contributed by atoms with van der Waals surface area (Å²) in [7, 11) is 0. The predicted octanol–water partition coefficient (Wildman–Crippen LogP) is 6.24. The fraction of sp³-hybridized carbons (Fsp3) is 0.464. The van der Waals surface area contributed by atoms with E-state index in [-0.39, 0.29) is 28.7 Å². The van der Waals surface area contributed by atoms with Crippen LogP contribution in [0.1, 0.15) is 87.3 Å². The number of hydrogen-bond acceptors (Lipinski definition) is 3. The maximum atomic E-state index is 13.9. The molecule has 1 spiro atoms. The zero-order valence-electron chi connectivity index (χ0n) is 20.3. The second-order valence-electron chi connectivity index (χ2n) is 10.6. The van der Waals surface area contributed by atoms with Crippen molar-refractivity contribution in [1.82, 2.24) is 4.90 Å². The lowest BCUT2D eigenvalue weighted by Crippen LogP contribution is -2.51. The smallest absolute Gasteiger partial charge is 0.335 e. The number of carbonyl (C=O) groups excluding carboxylic acids is 1. The third kappa shape index (κ3) is 4.38. The van der Waals surface area contributed by atoms with Crippen LogP contribution in [0.4, 0.5) is 4.39 Å². The monoisotopic (exact) mass is 464 g/mol. The van der Waals surface area contributed by atoms with Gasteiger partial charge in [-0.05, 0) is 85.4 Å². The molecule has 180 valence electrons. The minimum Gasteiger partial charge on any atom is -0.478 e. The van der Waals surface area contributed by atoms with Crippen LogP contribution >= 0.6 is 0 Å². The number of aliphatic imine (C=N–C) groups is 1. The number of carbonyl (C=O) groups is 2. The summed E-state index contributed by atoms with van der Waals surface area (Å²) >= 11 is 0. The van der Waals surface area contributed by atoms with Crippen LogP contribution < -0.4 is 0 Å². The van der Waals surface area contributed by atoms with Gasteiger partial charge in [-0.1, -0.05) is 39.8 Å². The Hall–Kier alpha value is -3.02. The second-order valence-corrected chi connectivity index (χ2v) is 10.6. The maximum Gasteiger partial charge on any atom is 0.335 e. The number of nitrogens with zero attached hydrogens (tertiary/aromatic N) is 2. The highest BCUT2D eigenvalue weighted by Gasteiger charge is 2.52. The molecule has 6 heteroatoms. The van der Waals surface area contributed by atoms with Gasteiger partial charge in [-0.3, -0.25) is 9.79 Å². The van der Waals surface area contributed by atoms with E-state index in [0.717, 1.165) is 31.2 Å². The summed E-state index contributed by atoms with van der Waals surface area (Å²) in [6.07, 6.45) is 4.17. The summed E-state index contributed by atoms with van der Waals surface area (Å²) in [5.74, 6) is -0.919. The molecule has 1 atom stereocenters. The molecular formula is C28H33FN2O3. The van der Waals surface area contributed by atoms with Crippen LogP contribution in [0.15, 0.2) is 53.5 Å². The summed E-state index contributed by atoms with van der Waals surface area (Å²) in [5, 5.41) is 9.29. The molecule has 1 heterocycles. The first kappa shape index (κ1) is 24.1. The van der Waals surface area contributed by atoms with Gasteiger partial charge in [0.25, 0.3) is 5.91 Å². The van der Waals surface area contributed by atoms with Gasteiger partial charge in [0.05, 0.1) is 11.6 Å². The highest BCUT2D eigenvalue weighted by atomic mass is 19.1. The first-order chi connectivity index (χ1) is 16.1. The Balaban J connectivity index is 1.75. The van der Waals surface area contributed by atoms with E-state index in [9.17, 15) is 19.1 Å². The number of hydrogen-bond donors (Lipinski definition) is 1. The molecule has 2 aromatic rings. The van der Waals surface area contributed by atoms with Crippen molar-refractivity contribution in [3.8, 4) is 0 Å². The topological polar surface area (TPSA) is 70.0 Å². The van der Waals surface area contributed by atoms with Crippen LogP contribution in [0.2, 0.25) is 0 Å². The lowest BCUT2D eigenvalue weighted by atomic mass is 9.69. The minimum absolute atomic E-state index is 0.144. The molecule has 0 saturated heterocycles. The van der Waals surface area contributed by atoms with Gasteiger partial charge in [0, 0.05) is 5.56 Å². The Labute approximate surface area is 200 Å². The number of carboxylic acids is 1. The number of halogens is 1. The molecule has 1 N–H and O–H groups in total. The van der Waals surface area contributed by atoms with Crippen molar-refractivity contribution in [1.29, 1.82) is 0 Å². The molecule has 1 amide bonds. The van der Waals surface area contributed by atoms with Crippen molar-refractivity contribution in [2.75, 3.05) is 0 Å². The lowest BCUT2D eigenvalue weighted by Gasteiger charge is -2.47. The number of rotatable bonds is 5. The molecule has 2 aromatic carbocycles. The molecule has 0 unspecified atom stereocenters. The zero-order chi connectivity index (χ0) is 24.7. The molecule has 5 nitrogen and oxygen atoms in total. The third-order valence-corrected chi connectivity index (χ3v) is 7.56. The largest absolute Gasteiger partial charge is 0.478 e. The van der Waals surface area contributed by atoms with Gasteiger partial charge >= 0.3 is 5.97 Å². The number of aromatic carboxylic acids is 1. The van der Waals surface area contributed by atoms with Gasteiger partial charge in [0.1, 0.15) is 17.2 Å². The van der Waals surface area contributed by atoms with Crippen LogP contribution in [-0.4, -0.2) is 33.3 Å². The van der Waals surface area contributed by atoms with Gasteiger partial charge < -0.3 is 10.0 Å². The van der Waals surface area contributed by atoms with E-state index in [2.05, 4.69) is 20.8 Å². The molecule has 4 rings (SSSR count). The highest BCUT2D eigenvalue weighted by Crippen LogP contribution is 2.49. The van der Waals surface area contributed by atoms with Gasteiger partial charge in [0.2, 0.25) is 0 Å². The first-order valence-electron chi connectivity index (χ1n) is 12.1. The van der Waals surface area contributed by atoms with E-state index in [4.69, 9.17) is 4.99 Å². The van der Waals surface area contributed by atoms with Crippen LogP contribution in [0.5, 0.6) is 0 Å². The van der Waals surface area contributed by atoms with E-state index in [1.807, 2.05) is 11.8 Å². The van der Waals surface area contributed by atoms with E-state index in [1.165, 1.54) is 12.1 Å². The molecule has 2 aliphatic rings. The van der Waals surface area contributed by atoms with Crippen molar-refractivity contribution in [3.63, 3.8) is 0 Å². The van der Waals surface area contributed by atoms with E-state index in [0.29, 0.717) is 23.6 Å². The van der Waals surface area contributed by atoms with Gasteiger partial charge in [-0.2, -0.15) is 0 Å². The molecule has 34 heavy (non-hydrogen) atoms. The van der Waals surface area contributed by atoms with Crippen LogP contribution in [0, 0.1) is 17.2 Å². The Kier molecular flexibility index (Phi) is 6.36. The molecule has 0 radical (unpaired) electrons. The summed E-state index contributed by atoms with van der Waals surface area (Å²) in [6.45, 7) is 8.82. The fourth-order valence-corrected chi connectivity index (χ4v) is 5.55. The Morgan fingerprint density at radius 1 is 1.12 bits per heavy atom. The molecule has 0 aromatic heterocycles. The molecule has 1 aliphatic carbocycles. The van der Waals surface area contributed by atoms with E-state index in [1.54, 1.807) is 36.4 Å². The van der Waals surface area contributed by atoms with Crippen molar-refractivity contribution in [2.24, 2.45) is 16.3 Å². The number of benzene rings is 2. The van der Waals surface area contributed by atoms with E-state index >= 15 is 0 Å². The van der Waals surface area contributed by atoms with Gasteiger partial charge in [-0.15, -0.1) is 0 Å². The van der Waals surface area contributed by atoms with Crippen molar-refractivity contribution >= 4 is 17.6 Å². The lowest BCUT2D eigenvalue weighted by molar-refractivity contribution is -0.133. The van der Waals surface area contributed by atoms with Gasteiger partial charge in [0.15, 0.2) is 0 Å². The first-order valence-corrected chi connectivity index (χ1v) is 12.1. The minimum atomic E-state index is -0.976. The van der Waals surface area contributed by atoms with Crippen molar-refractivity contribution < 1.29 is 19.1 Å². The van der Waals surface area contributed by atoms with Crippen LogP contribution in [-0.2, 0) is 4.79 Å². The SMILES string of the molecule is CC[C@H](c1ccc(C(=O)O)cc1)N1C(=O)C(c2ccc(F)cc2)=NC12CCC(C(C)(C)C)CC2. The van der Waals surface area contributed by atoms with E-state index < -0.39 is 11.6 Å². The van der Waals surface area contributed by atoms with Gasteiger partial charge in [-0.25, -0.2) is 9.18 Å². The predicted molar refractivity (Wildman–Crippen MR) is 130 cm³/mol. The average molecular weight is 465 g/mol. The van der Waals surface area contributed by atoms with Crippen LogP contribution in [0.3, 0.4) is 0 Å². The van der Waals surface area contributed by atoms with Crippen molar-refractivity contribution in [3.05, 3.63) is 71.0 Å². The standard InChI is InChI=1S/C28H33FN2O3/c1-5-23(18-6-8-20(9-7-18)26(33)34)31-25(32)24(19-10-12-22(29)13-11-19)30-28(31)16-14-21(15-17-28)27(2,3)4/h6-13,21,23H,5,14-17H2,1-4H3,(H,33,34)/t21?,23-,28?/m1/s1. The summed E-state index contributed by atoms with van der Waals surface area (Å²) in [4.78, 5) is 32.2. The third-order valence-electron chi connectivity index (χ3n) is 7.56. The molecule has 1 fully saturated rings. The fourth-order valence-electron chi connectivity index (χ4n) is 5.55. The zero-order valence-corrected chi connectivity index (χ0v) is 20.3. The number of amides is 1. The summed E-state index contributed by atoms with van der Waals surface area (Å²) in [5.41, 5.74) is 1.67. The molecule has 1 saturated carbocycles. The summed E-state index contributed by atoms with van der Waals surface area (Å²) < 4.78 is 13.6. The number of carboxylic acid groups (broad SMARTS) is 1. The Bertz CT molecular complexity index is 1090. The highest BCUT2D eigenvalue weighted by molar-refractivity contribution is 6.46. The normalized spacial score (nSPS) is 23.8.